The van der Waals surface area contributed by atoms with Crippen molar-refractivity contribution in [2.24, 2.45) is 23.7 Å². The summed E-state index contributed by atoms with van der Waals surface area (Å²) in [4.78, 5) is 0. The maximum absolute atomic E-state index is 11.0. The first-order chi connectivity index (χ1) is 10.2. The summed E-state index contributed by atoms with van der Waals surface area (Å²) in [6.07, 6.45) is -3.00. The Labute approximate surface area is 131 Å². The number of ether oxygens (including phenoxy) is 1. The minimum atomic E-state index is -1.95. The van der Waals surface area contributed by atoms with E-state index >= 15 is 0 Å². The Balaban J connectivity index is 2.32. The van der Waals surface area contributed by atoms with Crippen molar-refractivity contribution in [2.75, 3.05) is 6.61 Å². The van der Waals surface area contributed by atoms with E-state index < -0.39 is 36.8 Å². The van der Waals surface area contributed by atoms with Crippen LogP contribution in [0.2, 0.25) is 0 Å². The van der Waals surface area contributed by atoms with E-state index in [1.54, 1.807) is 0 Å². The Morgan fingerprint density at radius 2 is 1.77 bits per heavy atom. The van der Waals surface area contributed by atoms with Gasteiger partial charge < -0.3 is 30.3 Å². The average molecular weight is 318 g/mol. The molecule has 130 valence electrons. The zero-order chi connectivity index (χ0) is 16.7. The highest BCUT2D eigenvalue weighted by atomic mass is 16.7. The van der Waals surface area contributed by atoms with Gasteiger partial charge in [-0.2, -0.15) is 0 Å². The smallest absolute Gasteiger partial charge is 0.198 e. The van der Waals surface area contributed by atoms with Crippen LogP contribution in [-0.4, -0.2) is 62.3 Å². The SMILES string of the molecule is CC1CCC(C(C)C)C([C@]2(O)O[C@H](CO)[C@@H](O)[C@H](O)[C@H]2O)C1. The molecule has 2 rings (SSSR count). The van der Waals surface area contributed by atoms with Crippen LogP contribution in [0.15, 0.2) is 0 Å². The highest BCUT2D eigenvalue weighted by Gasteiger charge is 2.58. The maximum atomic E-state index is 11.0. The quantitative estimate of drug-likeness (QED) is 0.495. The molecule has 2 aliphatic rings. The Kier molecular flexibility index (Phi) is 5.52. The van der Waals surface area contributed by atoms with Gasteiger partial charge in [0.15, 0.2) is 5.79 Å². The summed E-state index contributed by atoms with van der Waals surface area (Å²) in [5, 5.41) is 50.6. The van der Waals surface area contributed by atoms with Crippen molar-refractivity contribution in [3.8, 4) is 0 Å². The molecule has 3 unspecified atom stereocenters. The van der Waals surface area contributed by atoms with Gasteiger partial charge in [-0.3, -0.25) is 0 Å². The second kappa shape index (κ2) is 6.71. The molecule has 0 aromatic rings. The number of aliphatic hydroxyl groups excluding tert-OH is 4. The van der Waals surface area contributed by atoms with Gasteiger partial charge in [0.1, 0.15) is 24.4 Å². The zero-order valence-corrected chi connectivity index (χ0v) is 13.6. The summed E-state index contributed by atoms with van der Waals surface area (Å²) in [7, 11) is 0. The number of aliphatic hydroxyl groups is 5. The molecule has 6 heteroatoms. The minimum absolute atomic E-state index is 0.151. The van der Waals surface area contributed by atoms with Crippen LogP contribution >= 0.6 is 0 Å². The van der Waals surface area contributed by atoms with Crippen molar-refractivity contribution in [2.45, 2.75) is 70.2 Å². The van der Waals surface area contributed by atoms with Gasteiger partial charge in [0.05, 0.1) is 6.61 Å². The topological polar surface area (TPSA) is 110 Å². The summed E-state index contributed by atoms with van der Waals surface area (Å²) in [5.74, 6) is -1.46. The lowest BCUT2D eigenvalue weighted by Gasteiger charge is -2.53. The third kappa shape index (κ3) is 3.05. The van der Waals surface area contributed by atoms with Crippen molar-refractivity contribution in [1.29, 1.82) is 0 Å². The lowest BCUT2D eigenvalue weighted by Crippen LogP contribution is -2.69. The van der Waals surface area contributed by atoms with Crippen molar-refractivity contribution in [1.82, 2.24) is 0 Å². The molecule has 2 fully saturated rings. The van der Waals surface area contributed by atoms with E-state index in [0.717, 1.165) is 12.8 Å². The summed E-state index contributed by atoms with van der Waals surface area (Å²) in [6.45, 7) is 5.71. The van der Waals surface area contributed by atoms with E-state index in [1.807, 2.05) is 0 Å². The molecule has 0 spiro atoms. The summed E-state index contributed by atoms with van der Waals surface area (Å²) in [5.41, 5.74) is 0. The van der Waals surface area contributed by atoms with Crippen LogP contribution in [0.3, 0.4) is 0 Å². The van der Waals surface area contributed by atoms with Crippen LogP contribution in [0, 0.1) is 23.7 Å². The molecule has 8 atom stereocenters. The molecule has 1 heterocycles. The summed E-state index contributed by atoms with van der Waals surface area (Å²) >= 11 is 0. The molecule has 0 bridgehead atoms. The lowest BCUT2D eigenvalue weighted by molar-refractivity contribution is -0.377. The van der Waals surface area contributed by atoms with E-state index in [2.05, 4.69) is 20.8 Å². The standard InChI is InChI=1S/C16H30O6/c1-8(2)10-5-4-9(3)6-11(10)16(21)15(20)14(19)13(18)12(7-17)22-16/h8-15,17-21H,4-7H2,1-3H3/t9?,10?,11?,12-,13-,14+,15-,16+/m1/s1. The molecule has 0 radical (unpaired) electrons. The monoisotopic (exact) mass is 318 g/mol. The normalized spacial score (nSPS) is 50.3. The predicted octanol–water partition coefficient (Wildman–Crippen LogP) is -0.143. The fraction of sp³-hybridized carbons (Fsp3) is 1.00. The van der Waals surface area contributed by atoms with Crippen LogP contribution in [0.1, 0.15) is 40.0 Å². The average Bonchev–Trinajstić information content (AvgIpc) is 2.48. The first kappa shape index (κ1) is 18.1. The molecular formula is C16H30O6. The molecule has 0 aromatic heterocycles. The minimum Gasteiger partial charge on any atom is -0.394 e. The molecule has 1 saturated heterocycles. The molecule has 0 amide bonds. The zero-order valence-electron chi connectivity index (χ0n) is 13.6. The number of hydrogen-bond acceptors (Lipinski definition) is 6. The Morgan fingerprint density at radius 3 is 2.32 bits per heavy atom. The van der Waals surface area contributed by atoms with Crippen molar-refractivity contribution in [3.05, 3.63) is 0 Å². The van der Waals surface area contributed by atoms with Gasteiger partial charge in [0, 0.05) is 5.92 Å². The van der Waals surface area contributed by atoms with E-state index in [1.165, 1.54) is 0 Å². The third-order valence-electron chi connectivity index (χ3n) is 5.55. The van der Waals surface area contributed by atoms with E-state index in [9.17, 15) is 25.5 Å². The number of hydrogen-bond donors (Lipinski definition) is 5. The molecule has 22 heavy (non-hydrogen) atoms. The van der Waals surface area contributed by atoms with Gasteiger partial charge in [-0.25, -0.2) is 0 Å². The molecule has 6 nitrogen and oxygen atoms in total. The highest BCUT2D eigenvalue weighted by molar-refractivity contribution is 5.02. The second-order valence-corrected chi connectivity index (χ2v) is 7.45. The third-order valence-corrected chi connectivity index (χ3v) is 5.55. The van der Waals surface area contributed by atoms with E-state index in [-0.39, 0.29) is 11.8 Å². The van der Waals surface area contributed by atoms with Crippen LogP contribution in [0.4, 0.5) is 0 Å². The Bertz CT molecular complexity index is 374. The fourth-order valence-electron chi connectivity index (χ4n) is 4.16. The van der Waals surface area contributed by atoms with Crippen LogP contribution in [-0.2, 0) is 4.74 Å². The summed E-state index contributed by atoms with van der Waals surface area (Å²) in [6, 6.07) is 0. The maximum Gasteiger partial charge on any atom is 0.198 e. The first-order valence-electron chi connectivity index (χ1n) is 8.27. The van der Waals surface area contributed by atoms with E-state index in [0.29, 0.717) is 18.3 Å². The van der Waals surface area contributed by atoms with Gasteiger partial charge in [-0.05, 0) is 30.6 Å². The Hall–Kier alpha value is -0.240. The largest absolute Gasteiger partial charge is 0.394 e. The fourth-order valence-corrected chi connectivity index (χ4v) is 4.16. The van der Waals surface area contributed by atoms with Gasteiger partial charge in [0.25, 0.3) is 0 Å². The second-order valence-electron chi connectivity index (χ2n) is 7.45. The van der Waals surface area contributed by atoms with Gasteiger partial charge in [-0.15, -0.1) is 0 Å². The molecular weight excluding hydrogens is 288 g/mol. The molecule has 0 aromatic carbocycles. The number of rotatable bonds is 3. The lowest BCUT2D eigenvalue weighted by atomic mass is 9.64. The first-order valence-corrected chi connectivity index (χ1v) is 8.27. The molecule has 5 N–H and O–H groups in total. The highest BCUT2D eigenvalue weighted by Crippen LogP contribution is 2.47. The van der Waals surface area contributed by atoms with Gasteiger partial charge in [-0.1, -0.05) is 27.2 Å². The molecule has 1 saturated carbocycles. The van der Waals surface area contributed by atoms with Crippen molar-refractivity contribution < 1.29 is 30.3 Å². The van der Waals surface area contributed by atoms with Crippen LogP contribution in [0.5, 0.6) is 0 Å². The van der Waals surface area contributed by atoms with Crippen molar-refractivity contribution in [3.63, 3.8) is 0 Å². The van der Waals surface area contributed by atoms with Gasteiger partial charge in [0.2, 0.25) is 0 Å². The van der Waals surface area contributed by atoms with E-state index in [4.69, 9.17) is 4.74 Å². The predicted molar refractivity (Wildman–Crippen MR) is 79.8 cm³/mol. The summed E-state index contributed by atoms with van der Waals surface area (Å²) < 4.78 is 5.53. The van der Waals surface area contributed by atoms with Crippen LogP contribution < -0.4 is 0 Å². The molecule has 1 aliphatic heterocycles. The van der Waals surface area contributed by atoms with Crippen molar-refractivity contribution >= 4 is 0 Å². The Morgan fingerprint density at radius 1 is 1.14 bits per heavy atom. The van der Waals surface area contributed by atoms with Gasteiger partial charge >= 0.3 is 0 Å². The van der Waals surface area contributed by atoms with Crippen LogP contribution in [0.25, 0.3) is 0 Å². The molecule has 1 aliphatic carbocycles.